The zero-order chi connectivity index (χ0) is 16.9. The predicted molar refractivity (Wildman–Crippen MR) is 94.9 cm³/mol. The van der Waals surface area contributed by atoms with Gasteiger partial charge in [-0.15, -0.1) is 0 Å². The highest BCUT2D eigenvalue weighted by atomic mass is 16.5. The van der Waals surface area contributed by atoms with Crippen molar-refractivity contribution in [3.8, 4) is 5.75 Å². The van der Waals surface area contributed by atoms with Crippen molar-refractivity contribution in [1.29, 1.82) is 0 Å². The molecule has 0 heterocycles. The molecule has 23 heavy (non-hydrogen) atoms. The van der Waals surface area contributed by atoms with Gasteiger partial charge in [0.05, 0.1) is 0 Å². The lowest BCUT2D eigenvalue weighted by atomic mass is 9.87. The number of amides is 1. The number of benzene rings is 1. The number of rotatable bonds is 4. The van der Waals surface area contributed by atoms with Crippen LogP contribution in [0.5, 0.6) is 5.75 Å². The van der Waals surface area contributed by atoms with E-state index < -0.39 is 6.10 Å². The molecule has 1 saturated carbocycles. The van der Waals surface area contributed by atoms with Gasteiger partial charge in [0.2, 0.25) is 0 Å². The van der Waals surface area contributed by atoms with E-state index in [1.165, 1.54) is 31.2 Å². The van der Waals surface area contributed by atoms with Crippen LogP contribution in [-0.2, 0) is 10.2 Å². The molecule has 0 aliphatic heterocycles. The molecule has 1 aromatic rings. The molecule has 1 atom stereocenters. The van der Waals surface area contributed by atoms with Crippen LogP contribution >= 0.6 is 0 Å². The fourth-order valence-electron chi connectivity index (χ4n) is 3.03. The van der Waals surface area contributed by atoms with Crippen LogP contribution in [0.3, 0.4) is 0 Å². The van der Waals surface area contributed by atoms with E-state index in [1.807, 2.05) is 19.1 Å². The van der Waals surface area contributed by atoms with Crippen molar-refractivity contribution in [3.63, 3.8) is 0 Å². The second kappa shape index (κ2) is 7.85. The second-order valence-corrected chi connectivity index (χ2v) is 7.73. The largest absolute Gasteiger partial charge is 0.481 e. The van der Waals surface area contributed by atoms with E-state index in [1.54, 1.807) is 0 Å². The zero-order valence-electron chi connectivity index (χ0n) is 15.0. The summed E-state index contributed by atoms with van der Waals surface area (Å²) >= 11 is 0. The molecule has 0 spiro atoms. The summed E-state index contributed by atoms with van der Waals surface area (Å²) in [5.41, 5.74) is 1.39. The molecule has 1 fully saturated rings. The highest BCUT2D eigenvalue weighted by Gasteiger charge is 2.20. The summed E-state index contributed by atoms with van der Waals surface area (Å²) in [5, 5.41) is 3.15. The minimum absolute atomic E-state index is 0.00296. The van der Waals surface area contributed by atoms with Gasteiger partial charge < -0.3 is 10.1 Å². The Morgan fingerprint density at radius 1 is 1.09 bits per heavy atom. The summed E-state index contributed by atoms with van der Waals surface area (Å²) < 4.78 is 5.80. The van der Waals surface area contributed by atoms with Crippen LogP contribution in [-0.4, -0.2) is 18.1 Å². The Morgan fingerprint density at radius 2 is 1.65 bits per heavy atom. The molecule has 1 aromatic carbocycles. The second-order valence-electron chi connectivity index (χ2n) is 7.73. The first-order valence-corrected chi connectivity index (χ1v) is 8.94. The van der Waals surface area contributed by atoms with E-state index in [-0.39, 0.29) is 11.3 Å². The van der Waals surface area contributed by atoms with Crippen molar-refractivity contribution in [2.45, 2.75) is 83.8 Å². The number of hydrogen-bond acceptors (Lipinski definition) is 2. The minimum atomic E-state index is -0.460. The van der Waals surface area contributed by atoms with Crippen molar-refractivity contribution in [2.75, 3.05) is 0 Å². The van der Waals surface area contributed by atoms with Crippen LogP contribution < -0.4 is 10.1 Å². The Balaban J connectivity index is 1.87. The van der Waals surface area contributed by atoms with Gasteiger partial charge in [-0.3, -0.25) is 4.79 Å². The third kappa shape index (κ3) is 5.56. The van der Waals surface area contributed by atoms with E-state index in [0.717, 1.165) is 18.6 Å². The van der Waals surface area contributed by atoms with E-state index in [0.29, 0.717) is 6.04 Å². The van der Waals surface area contributed by atoms with Crippen LogP contribution in [0.25, 0.3) is 0 Å². The maximum Gasteiger partial charge on any atom is 0.260 e. The van der Waals surface area contributed by atoms with Gasteiger partial charge in [-0.1, -0.05) is 58.6 Å². The molecular weight excluding hydrogens is 286 g/mol. The normalized spacial score (nSPS) is 18.1. The van der Waals surface area contributed by atoms with E-state index in [4.69, 9.17) is 4.74 Å². The van der Waals surface area contributed by atoms with Crippen LogP contribution in [0.15, 0.2) is 24.3 Å². The number of carbonyl (C=O) groups is 1. The molecule has 1 aliphatic rings. The number of hydrogen-bond donors (Lipinski definition) is 1. The first-order valence-electron chi connectivity index (χ1n) is 8.94. The van der Waals surface area contributed by atoms with E-state index in [9.17, 15) is 4.79 Å². The summed E-state index contributed by atoms with van der Waals surface area (Å²) in [6.45, 7) is 8.38. The fraction of sp³-hybridized carbons (Fsp3) is 0.650. The third-order valence-electron chi connectivity index (χ3n) is 4.60. The standard InChI is InChI=1S/C20H31NO2/c1-15(19(22)21-17-9-7-5-6-8-10-17)23-18-13-11-16(12-14-18)20(2,3)4/h11-15,17H,5-10H2,1-4H3,(H,21,22)/t15-/m1/s1. The molecule has 3 heteroatoms. The number of ether oxygens (including phenoxy) is 1. The topological polar surface area (TPSA) is 38.3 Å². The van der Waals surface area contributed by atoms with Gasteiger partial charge in [-0.2, -0.15) is 0 Å². The van der Waals surface area contributed by atoms with Gasteiger partial charge in [0.1, 0.15) is 5.75 Å². The highest BCUT2D eigenvalue weighted by Crippen LogP contribution is 2.24. The third-order valence-corrected chi connectivity index (χ3v) is 4.60. The molecule has 2 rings (SSSR count). The van der Waals surface area contributed by atoms with Crippen molar-refractivity contribution < 1.29 is 9.53 Å². The van der Waals surface area contributed by atoms with Crippen LogP contribution in [0.2, 0.25) is 0 Å². The molecule has 1 N–H and O–H groups in total. The first-order chi connectivity index (χ1) is 10.9. The average Bonchev–Trinajstić information content (AvgIpc) is 2.75. The quantitative estimate of drug-likeness (QED) is 0.825. The molecular formula is C20H31NO2. The lowest BCUT2D eigenvalue weighted by molar-refractivity contribution is -0.128. The molecule has 3 nitrogen and oxygen atoms in total. The van der Waals surface area contributed by atoms with Crippen molar-refractivity contribution >= 4 is 5.91 Å². The van der Waals surface area contributed by atoms with Crippen LogP contribution in [0.4, 0.5) is 0 Å². The summed E-state index contributed by atoms with van der Waals surface area (Å²) in [6, 6.07) is 8.38. The Bertz CT molecular complexity index is 493. The molecule has 1 aliphatic carbocycles. The smallest absolute Gasteiger partial charge is 0.260 e. The summed E-state index contributed by atoms with van der Waals surface area (Å²) in [6.07, 6.45) is 6.75. The van der Waals surface area contributed by atoms with Gasteiger partial charge in [-0.25, -0.2) is 0 Å². The van der Waals surface area contributed by atoms with Crippen molar-refractivity contribution in [2.24, 2.45) is 0 Å². The van der Waals surface area contributed by atoms with Crippen molar-refractivity contribution in [1.82, 2.24) is 5.32 Å². The fourth-order valence-corrected chi connectivity index (χ4v) is 3.03. The zero-order valence-corrected chi connectivity index (χ0v) is 15.0. The van der Waals surface area contributed by atoms with Crippen molar-refractivity contribution in [3.05, 3.63) is 29.8 Å². The first kappa shape index (κ1) is 17.8. The summed E-state index contributed by atoms with van der Waals surface area (Å²) in [4.78, 5) is 12.3. The van der Waals surface area contributed by atoms with Gasteiger partial charge in [0.15, 0.2) is 6.10 Å². The SMILES string of the molecule is C[C@@H](Oc1ccc(C(C)(C)C)cc1)C(=O)NC1CCCCCC1. The van der Waals surface area contributed by atoms with Gasteiger partial charge in [0, 0.05) is 6.04 Å². The predicted octanol–water partition coefficient (Wildman–Crippen LogP) is 4.59. The van der Waals surface area contributed by atoms with Crippen LogP contribution in [0.1, 0.15) is 71.8 Å². The maximum absolute atomic E-state index is 12.3. The summed E-state index contributed by atoms with van der Waals surface area (Å²) in [5.74, 6) is 0.748. The van der Waals surface area contributed by atoms with Crippen LogP contribution in [0, 0.1) is 0 Å². The minimum Gasteiger partial charge on any atom is -0.481 e. The lowest BCUT2D eigenvalue weighted by Gasteiger charge is -2.21. The number of carbonyl (C=O) groups excluding carboxylic acids is 1. The molecule has 1 amide bonds. The molecule has 0 unspecified atom stereocenters. The average molecular weight is 317 g/mol. The van der Waals surface area contributed by atoms with Gasteiger partial charge in [-0.05, 0) is 42.9 Å². The Labute approximate surface area is 140 Å². The van der Waals surface area contributed by atoms with Gasteiger partial charge >= 0.3 is 0 Å². The monoisotopic (exact) mass is 317 g/mol. The summed E-state index contributed by atoms with van der Waals surface area (Å²) in [7, 11) is 0. The Kier molecular flexibility index (Phi) is 6.09. The highest BCUT2D eigenvalue weighted by molar-refractivity contribution is 5.81. The number of nitrogens with one attached hydrogen (secondary N) is 1. The maximum atomic E-state index is 12.3. The molecule has 0 saturated heterocycles. The molecule has 0 radical (unpaired) electrons. The molecule has 128 valence electrons. The van der Waals surface area contributed by atoms with E-state index >= 15 is 0 Å². The Morgan fingerprint density at radius 3 is 2.17 bits per heavy atom. The lowest BCUT2D eigenvalue weighted by Crippen LogP contribution is -2.42. The van der Waals surface area contributed by atoms with Gasteiger partial charge in [0.25, 0.3) is 5.91 Å². The Hall–Kier alpha value is -1.51. The molecule has 0 bridgehead atoms. The molecule has 0 aromatic heterocycles. The van der Waals surface area contributed by atoms with E-state index in [2.05, 4.69) is 38.2 Å².